The van der Waals surface area contributed by atoms with E-state index in [-0.39, 0.29) is 31.2 Å². The number of anilines is 2. The first-order valence-corrected chi connectivity index (χ1v) is 14.7. The van der Waals surface area contributed by atoms with Crippen molar-refractivity contribution in [1.82, 2.24) is 9.88 Å². The van der Waals surface area contributed by atoms with Gasteiger partial charge in [0.25, 0.3) is 17.9 Å². The van der Waals surface area contributed by atoms with Gasteiger partial charge in [-0.15, -0.1) is 0 Å². The molecule has 254 valence electrons. The molecular weight excluding hydrogens is 634 g/mol. The van der Waals surface area contributed by atoms with Gasteiger partial charge in [-0.25, -0.2) is 18.0 Å². The topological polar surface area (TPSA) is 102 Å². The molecule has 1 atom stereocenters. The normalized spacial score (nSPS) is 15.4. The zero-order valence-electron chi connectivity index (χ0n) is 25.8. The molecule has 0 spiro atoms. The number of rotatable bonds is 9. The lowest BCUT2D eigenvalue weighted by atomic mass is 9.96. The van der Waals surface area contributed by atoms with Gasteiger partial charge in [-0.1, -0.05) is 12.1 Å². The van der Waals surface area contributed by atoms with E-state index in [4.69, 9.17) is 9.47 Å². The number of carbonyl (C=O) groups excluding carboxylic acids is 2. The second-order valence-electron chi connectivity index (χ2n) is 11.9. The number of para-hydroxylation sites is 1. The maximum Gasteiger partial charge on any atom is 0.422 e. The van der Waals surface area contributed by atoms with Crippen molar-refractivity contribution in [1.29, 1.82) is 0 Å². The molecule has 3 aromatic rings. The highest BCUT2D eigenvalue weighted by atomic mass is 19.4. The van der Waals surface area contributed by atoms with Gasteiger partial charge in [0.2, 0.25) is 0 Å². The van der Waals surface area contributed by atoms with Gasteiger partial charge in [0, 0.05) is 25.8 Å². The number of pyridine rings is 1. The summed E-state index contributed by atoms with van der Waals surface area (Å²) >= 11 is 0. The van der Waals surface area contributed by atoms with Gasteiger partial charge in [-0.2, -0.15) is 13.2 Å². The van der Waals surface area contributed by atoms with Crippen molar-refractivity contribution in [3.8, 4) is 11.5 Å². The van der Waals surface area contributed by atoms with Gasteiger partial charge in [0.15, 0.2) is 11.6 Å². The van der Waals surface area contributed by atoms with E-state index in [0.29, 0.717) is 17.4 Å². The van der Waals surface area contributed by atoms with Crippen LogP contribution in [0.2, 0.25) is 0 Å². The summed E-state index contributed by atoms with van der Waals surface area (Å²) in [5.74, 6) is -3.59. The summed E-state index contributed by atoms with van der Waals surface area (Å²) in [7, 11) is 0. The highest BCUT2D eigenvalue weighted by Gasteiger charge is 2.41. The van der Waals surface area contributed by atoms with E-state index in [1.807, 2.05) is 0 Å². The van der Waals surface area contributed by atoms with E-state index in [1.165, 1.54) is 23.1 Å². The summed E-state index contributed by atoms with van der Waals surface area (Å²) < 4.78 is 96.6. The zero-order valence-corrected chi connectivity index (χ0v) is 25.8. The molecule has 0 bridgehead atoms. The van der Waals surface area contributed by atoms with Gasteiger partial charge in [-0.05, 0) is 75.9 Å². The average molecular weight is 669 g/mol. The standard InChI is InChI=1S/C32H34F6N4O5/c1-31(2,3)47-30(45)39-16-19-8-6-14-41(17-19)27-22(40-28(43)20-9-7-15-42(29(20)44)18-25(34)35)12-13-24(26(27)32(36,37)38)46-23-11-5-4-10-21(23)33/h4-5,7,9-13,15,19,25H,6,8,14,16-18H2,1-3H3,(H,39,45)(H,40,43)/t19-/m0/s1. The molecule has 0 saturated carbocycles. The number of piperidine rings is 1. The van der Waals surface area contributed by atoms with E-state index in [9.17, 15) is 40.7 Å². The lowest BCUT2D eigenvalue weighted by Crippen LogP contribution is -2.43. The van der Waals surface area contributed by atoms with E-state index >= 15 is 0 Å². The highest BCUT2D eigenvalue weighted by molar-refractivity contribution is 6.06. The van der Waals surface area contributed by atoms with Gasteiger partial charge in [0.05, 0.1) is 17.9 Å². The highest BCUT2D eigenvalue weighted by Crippen LogP contribution is 2.48. The van der Waals surface area contributed by atoms with Crippen LogP contribution in [0.3, 0.4) is 0 Å². The third kappa shape index (κ3) is 9.20. The predicted octanol–water partition coefficient (Wildman–Crippen LogP) is 7.06. The van der Waals surface area contributed by atoms with Crippen molar-refractivity contribution >= 4 is 23.4 Å². The van der Waals surface area contributed by atoms with Crippen LogP contribution in [0.1, 0.15) is 49.5 Å². The number of carbonyl (C=O) groups is 2. The number of alkyl carbamates (subject to hydrolysis) is 1. The van der Waals surface area contributed by atoms with Crippen molar-refractivity contribution in [3.63, 3.8) is 0 Å². The summed E-state index contributed by atoms with van der Waals surface area (Å²) in [5.41, 5.74) is -4.58. The summed E-state index contributed by atoms with van der Waals surface area (Å²) in [6.07, 6.45) is -6.67. The summed E-state index contributed by atoms with van der Waals surface area (Å²) in [6, 6.07) is 9.21. The molecule has 1 aromatic heterocycles. The molecule has 0 radical (unpaired) electrons. The number of halogens is 6. The minimum absolute atomic E-state index is 0.00255. The third-order valence-corrected chi connectivity index (χ3v) is 7.10. The molecule has 2 aromatic carbocycles. The Bertz CT molecular complexity index is 1650. The number of nitrogens with zero attached hydrogens (tertiary/aromatic N) is 2. The fourth-order valence-electron chi connectivity index (χ4n) is 5.18. The van der Waals surface area contributed by atoms with E-state index in [1.54, 1.807) is 20.8 Å². The zero-order chi connectivity index (χ0) is 34.5. The average Bonchev–Trinajstić information content (AvgIpc) is 2.97. The van der Waals surface area contributed by atoms with Crippen LogP contribution in [-0.2, 0) is 17.5 Å². The van der Waals surface area contributed by atoms with E-state index in [2.05, 4.69) is 10.6 Å². The molecule has 2 amide bonds. The minimum Gasteiger partial charge on any atom is -0.454 e. The van der Waals surface area contributed by atoms with Crippen LogP contribution in [0.15, 0.2) is 59.5 Å². The van der Waals surface area contributed by atoms with Gasteiger partial charge >= 0.3 is 12.3 Å². The number of alkyl halides is 5. The number of ether oxygens (including phenoxy) is 2. The maximum absolute atomic E-state index is 14.9. The summed E-state index contributed by atoms with van der Waals surface area (Å²) in [4.78, 5) is 39.7. The molecule has 15 heteroatoms. The number of amides is 2. The van der Waals surface area contributed by atoms with Crippen LogP contribution >= 0.6 is 0 Å². The number of nitrogens with one attached hydrogen (secondary N) is 2. The molecule has 0 unspecified atom stereocenters. The Labute approximate surface area is 266 Å². The molecule has 2 heterocycles. The van der Waals surface area contributed by atoms with E-state index < -0.39 is 76.4 Å². The lowest BCUT2D eigenvalue weighted by molar-refractivity contribution is -0.138. The Kier molecular flexibility index (Phi) is 10.8. The molecule has 1 aliphatic heterocycles. The van der Waals surface area contributed by atoms with Crippen LogP contribution in [-0.4, -0.2) is 48.2 Å². The van der Waals surface area contributed by atoms with Gasteiger partial charge < -0.3 is 29.6 Å². The molecule has 4 rings (SSSR count). The van der Waals surface area contributed by atoms with Crippen LogP contribution in [0.4, 0.5) is 42.5 Å². The Morgan fingerprint density at radius 1 is 1.02 bits per heavy atom. The number of hydrogen-bond acceptors (Lipinski definition) is 6. The molecule has 2 N–H and O–H groups in total. The summed E-state index contributed by atoms with van der Waals surface area (Å²) in [5, 5.41) is 4.98. The van der Waals surface area contributed by atoms with Gasteiger partial charge in [0.1, 0.15) is 22.5 Å². The van der Waals surface area contributed by atoms with Crippen molar-refractivity contribution in [2.75, 3.05) is 29.9 Å². The van der Waals surface area contributed by atoms with Crippen molar-refractivity contribution < 1.29 is 45.4 Å². The largest absolute Gasteiger partial charge is 0.454 e. The molecule has 1 saturated heterocycles. The maximum atomic E-state index is 14.9. The number of hydrogen-bond donors (Lipinski definition) is 2. The van der Waals surface area contributed by atoms with Crippen LogP contribution in [0.5, 0.6) is 11.5 Å². The molecular formula is C32H34F6N4O5. The predicted molar refractivity (Wildman–Crippen MR) is 162 cm³/mol. The third-order valence-electron chi connectivity index (χ3n) is 7.10. The minimum atomic E-state index is -5.09. The Morgan fingerprint density at radius 2 is 1.74 bits per heavy atom. The first-order chi connectivity index (χ1) is 22.0. The van der Waals surface area contributed by atoms with Crippen molar-refractivity contribution in [3.05, 3.63) is 82.0 Å². The SMILES string of the molecule is CC(C)(C)OC(=O)NC[C@@H]1CCCN(c2c(NC(=O)c3cccn(CC(F)F)c3=O)ccc(Oc3ccccc3F)c2C(F)(F)F)C1. The first kappa shape index (κ1) is 35.2. The monoisotopic (exact) mass is 668 g/mol. The second kappa shape index (κ2) is 14.4. The Morgan fingerprint density at radius 3 is 2.40 bits per heavy atom. The Hall–Kier alpha value is -4.69. The smallest absolute Gasteiger partial charge is 0.422 e. The fraction of sp³-hybridized carbons (Fsp3) is 0.406. The fourth-order valence-corrected chi connectivity index (χ4v) is 5.18. The van der Waals surface area contributed by atoms with Crippen LogP contribution < -0.4 is 25.8 Å². The molecule has 1 fully saturated rings. The molecule has 0 aliphatic carbocycles. The molecule has 1 aliphatic rings. The molecule has 47 heavy (non-hydrogen) atoms. The first-order valence-electron chi connectivity index (χ1n) is 14.7. The number of aromatic nitrogens is 1. The Balaban J connectivity index is 1.76. The van der Waals surface area contributed by atoms with Crippen molar-refractivity contribution in [2.45, 2.75) is 58.4 Å². The molecule has 9 nitrogen and oxygen atoms in total. The van der Waals surface area contributed by atoms with Gasteiger partial charge in [-0.3, -0.25) is 9.59 Å². The van der Waals surface area contributed by atoms with Crippen LogP contribution in [0.25, 0.3) is 0 Å². The lowest BCUT2D eigenvalue weighted by Gasteiger charge is -2.37. The van der Waals surface area contributed by atoms with Crippen LogP contribution in [0, 0.1) is 11.7 Å². The van der Waals surface area contributed by atoms with Crippen molar-refractivity contribution in [2.24, 2.45) is 5.92 Å². The second-order valence-corrected chi connectivity index (χ2v) is 11.9. The van der Waals surface area contributed by atoms with E-state index in [0.717, 1.165) is 36.5 Å². The summed E-state index contributed by atoms with van der Waals surface area (Å²) in [6.45, 7) is 4.24. The number of benzene rings is 2. The quantitative estimate of drug-likeness (QED) is 0.237.